The van der Waals surface area contributed by atoms with Crippen molar-refractivity contribution in [2.45, 2.75) is 65.7 Å². The zero-order valence-corrected chi connectivity index (χ0v) is 12.6. The highest BCUT2D eigenvalue weighted by molar-refractivity contribution is 5.76. The van der Waals surface area contributed by atoms with Gasteiger partial charge in [-0.2, -0.15) is 0 Å². The van der Waals surface area contributed by atoms with E-state index in [-0.39, 0.29) is 0 Å². The van der Waals surface area contributed by atoms with E-state index >= 15 is 0 Å². The van der Waals surface area contributed by atoms with Gasteiger partial charge in [0.05, 0.1) is 0 Å². The lowest BCUT2D eigenvalue weighted by Crippen LogP contribution is -2.36. The Morgan fingerprint density at radius 1 is 1.11 bits per heavy atom. The molecule has 1 amide bonds. The third-order valence-electron chi connectivity index (χ3n) is 3.41. The maximum Gasteiger partial charge on any atom is 0.222 e. The molecule has 2 N–H and O–H groups in total. The molecule has 0 saturated heterocycles. The molecule has 0 saturated carbocycles. The van der Waals surface area contributed by atoms with Gasteiger partial charge in [0.1, 0.15) is 0 Å². The predicted molar refractivity (Wildman–Crippen MR) is 78.5 cm³/mol. The van der Waals surface area contributed by atoms with Crippen LogP contribution in [0.25, 0.3) is 0 Å². The lowest BCUT2D eigenvalue weighted by Gasteiger charge is -2.24. The van der Waals surface area contributed by atoms with Crippen molar-refractivity contribution in [3.05, 3.63) is 0 Å². The Bertz CT molecular complexity index is 207. The minimum absolute atomic E-state index is 0.299. The molecule has 0 rings (SSSR count). The van der Waals surface area contributed by atoms with Crippen LogP contribution >= 0.6 is 0 Å². The van der Waals surface area contributed by atoms with Gasteiger partial charge < -0.3 is 10.6 Å². The van der Waals surface area contributed by atoms with Gasteiger partial charge >= 0.3 is 0 Å². The third-order valence-corrected chi connectivity index (χ3v) is 3.41. The van der Waals surface area contributed by atoms with E-state index in [9.17, 15) is 4.79 Å². The number of nitrogens with two attached hydrogens (primary N) is 1. The first kappa shape index (κ1) is 17.4. The van der Waals surface area contributed by atoms with Crippen LogP contribution in [0.4, 0.5) is 0 Å². The Morgan fingerprint density at radius 2 is 1.72 bits per heavy atom. The maximum atomic E-state index is 12.0. The zero-order valence-electron chi connectivity index (χ0n) is 12.6. The van der Waals surface area contributed by atoms with Gasteiger partial charge in [0, 0.05) is 19.5 Å². The van der Waals surface area contributed by atoms with Crippen molar-refractivity contribution in [2.24, 2.45) is 11.7 Å². The van der Waals surface area contributed by atoms with Crippen LogP contribution in [0.1, 0.15) is 65.7 Å². The molecule has 18 heavy (non-hydrogen) atoms. The molecular formula is C15H32N2O. The Morgan fingerprint density at radius 3 is 2.28 bits per heavy atom. The average molecular weight is 256 g/mol. The number of hydrogen-bond acceptors (Lipinski definition) is 2. The minimum Gasteiger partial charge on any atom is -0.343 e. The van der Waals surface area contributed by atoms with Gasteiger partial charge in [-0.3, -0.25) is 4.79 Å². The largest absolute Gasteiger partial charge is 0.343 e. The van der Waals surface area contributed by atoms with Gasteiger partial charge in [0.15, 0.2) is 0 Å². The molecule has 0 heterocycles. The second kappa shape index (κ2) is 11.5. The van der Waals surface area contributed by atoms with Crippen molar-refractivity contribution in [1.29, 1.82) is 0 Å². The van der Waals surface area contributed by atoms with Crippen molar-refractivity contribution in [3.63, 3.8) is 0 Å². The quantitative estimate of drug-likeness (QED) is 0.577. The van der Waals surface area contributed by atoms with Gasteiger partial charge in [-0.1, -0.05) is 46.0 Å². The fourth-order valence-electron chi connectivity index (χ4n) is 2.07. The molecule has 0 bridgehead atoms. The molecular weight excluding hydrogens is 224 g/mol. The molecule has 0 aromatic carbocycles. The van der Waals surface area contributed by atoms with Crippen LogP contribution in [0.15, 0.2) is 0 Å². The Kier molecular flexibility index (Phi) is 11.2. The van der Waals surface area contributed by atoms with Gasteiger partial charge in [-0.05, 0) is 25.8 Å². The lowest BCUT2D eigenvalue weighted by molar-refractivity contribution is -0.131. The van der Waals surface area contributed by atoms with E-state index in [0.29, 0.717) is 24.8 Å². The van der Waals surface area contributed by atoms with Gasteiger partial charge in [0.2, 0.25) is 5.91 Å². The first-order valence-corrected chi connectivity index (χ1v) is 7.63. The van der Waals surface area contributed by atoms with E-state index in [1.165, 1.54) is 32.1 Å². The SMILES string of the molecule is CCCCCCCCC(=O)N(CC)CC(C)CN. The van der Waals surface area contributed by atoms with Crippen molar-refractivity contribution in [3.8, 4) is 0 Å². The Balaban J connectivity index is 3.70. The number of hydrogen-bond donors (Lipinski definition) is 1. The van der Waals surface area contributed by atoms with Crippen LogP contribution in [0, 0.1) is 5.92 Å². The van der Waals surface area contributed by atoms with Crippen molar-refractivity contribution in [2.75, 3.05) is 19.6 Å². The molecule has 0 spiro atoms. The van der Waals surface area contributed by atoms with Crippen LogP contribution in [0.3, 0.4) is 0 Å². The van der Waals surface area contributed by atoms with E-state index in [2.05, 4.69) is 13.8 Å². The highest BCUT2D eigenvalue weighted by Crippen LogP contribution is 2.09. The highest BCUT2D eigenvalue weighted by atomic mass is 16.2. The first-order valence-electron chi connectivity index (χ1n) is 7.63. The Labute approximate surface area is 113 Å². The normalized spacial score (nSPS) is 12.4. The molecule has 0 aliphatic carbocycles. The molecule has 1 atom stereocenters. The summed E-state index contributed by atoms with van der Waals surface area (Å²) in [6, 6.07) is 0. The van der Waals surface area contributed by atoms with Gasteiger partial charge in [-0.25, -0.2) is 0 Å². The molecule has 0 radical (unpaired) electrons. The van der Waals surface area contributed by atoms with E-state index in [0.717, 1.165) is 19.5 Å². The summed E-state index contributed by atoms with van der Waals surface area (Å²) in [5, 5.41) is 0. The summed E-state index contributed by atoms with van der Waals surface area (Å²) in [7, 11) is 0. The number of rotatable bonds is 11. The predicted octanol–water partition coefficient (Wildman–Crippen LogP) is 3.18. The second-order valence-electron chi connectivity index (χ2n) is 5.29. The van der Waals surface area contributed by atoms with Crippen molar-refractivity contribution < 1.29 is 4.79 Å². The highest BCUT2D eigenvalue weighted by Gasteiger charge is 2.13. The summed E-state index contributed by atoms with van der Waals surface area (Å²) >= 11 is 0. The molecule has 3 nitrogen and oxygen atoms in total. The molecule has 1 unspecified atom stereocenters. The smallest absolute Gasteiger partial charge is 0.222 e. The third kappa shape index (κ3) is 8.51. The summed E-state index contributed by atoms with van der Waals surface area (Å²) in [6.45, 7) is 8.63. The van der Waals surface area contributed by atoms with Crippen molar-refractivity contribution >= 4 is 5.91 Å². The van der Waals surface area contributed by atoms with Crippen LogP contribution in [-0.4, -0.2) is 30.4 Å². The van der Waals surface area contributed by atoms with Gasteiger partial charge in [-0.15, -0.1) is 0 Å². The number of amides is 1. The fraction of sp³-hybridized carbons (Fsp3) is 0.933. The van der Waals surface area contributed by atoms with Crippen molar-refractivity contribution in [1.82, 2.24) is 4.90 Å². The summed E-state index contributed by atoms with van der Waals surface area (Å²) in [4.78, 5) is 13.9. The van der Waals surface area contributed by atoms with E-state index < -0.39 is 0 Å². The van der Waals surface area contributed by atoms with Gasteiger partial charge in [0.25, 0.3) is 0 Å². The summed E-state index contributed by atoms with van der Waals surface area (Å²) in [5.41, 5.74) is 5.61. The number of carbonyl (C=O) groups is 1. The average Bonchev–Trinajstić information content (AvgIpc) is 2.39. The summed E-state index contributed by atoms with van der Waals surface area (Å²) < 4.78 is 0. The minimum atomic E-state index is 0.299. The van der Waals surface area contributed by atoms with E-state index in [4.69, 9.17) is 5.73 Å². The molecule has 0 aliphatic heterocycles. The van der Waals surface area contributed by atoms with Crippen LogP contribution < -0.4 is 5.73 Å². The molecule has 0 aromatic heterocycles. The standard InChI is InChI=1S/C15H32N2O/c1-4-6-7-8-9-10-11-15(18)17(5-2)13-14(3)12-16/h14H,4-13,16H2,1-3H3. The molecule has 0 fully saturated rings. The topological polar surface area (TPSA) is 46.3 Å². The number of carbonyl (C=O) groups excluding carboxylic acids is 1. The van der Waals surface area contributed by atoms with E-state index in [1.54, 1.807) is 0 Å². The lowest BCUT2D eigenvalue weighted by atomic mass is 10.1. The summed E-state index contributed by atoms with van der Waals surface area (Å²) in [6.07, 6.45) is 8.12. The second-order valence-corrected chi connectivity index (χ2v) is 5.29. The van der Waals surface area contributed by atoms with Crippen LogP contribution in [0.5, 0.6) is 0 Å². The zero-order chi connectivity index (χ0) is 13.8. The molecule has 3 heteroatoms. The molecule has 108 valence electrons. The first-order chi connectivity index (χ1) is 8.65. The van der Waals surface area contributed by atoms with Crippen LogP contribution in [0.2, 0.25) is 0 Å². The maximum absolute atomic E-state index is 12.0. The number of nitrogens with zero attached hydrogens (tertiary/aromatic N) is 1. The van der Waals surface area contributed by atoms with Crippen LogP contribution in [-0.2, 0) is 4.79 Å². The Hall–Kier alpha value is -0.570. The summed E-state index contributed by atoms with van der Waals surface area (Å²) in [5.74, 6) is 0.701. The number of unbranched alkanes of at least 4 members (excludes halogenated alkanes) is 5. The molecule has 0 aliphatic rings. The monoisotopic (exact) mass is 256 g/mol. The van der Waals surface area contributed by atoms with E-state index in [1.807, 2.05) is 11.8 Å². The molecule has 0 aromatic rings. The fourth-order valence-corrected chi connectivity index (χ4v) is 2.07.